The first-order valence-electron chi connectivity index (χ1n) is 6.60. The number of amides is 2. The predicted octanol–water partition coefficient (Wildman–Crippen LogP) is 2.81. The first-order valence-corrected chi connectivity index (χ1v) is 7.86. The van der Waals surface area contributed by atoms with E-state index in [0.29, 0.717) is 16.5 Å². The van der Waals surface area contributed by atoms with Gasteiger partial charge in [0.05, 0.1) is 10.9 Å². The van der Waals surface area contributed by atoms with Crippen LogP contribution in [0.4, 0.5) is 11.5 Å². The van der Waals surface area contributed by atoms with Crippen LogP contribution < -0.4 is 10.6 Å². The van der Waals surface area contributed by atoms with Crippen molar-refractivity contribution in [2.24, 2.45) is 0 Å². The average molecular weight is 337 g/mol. The van der Waals surface area contributed by atoms with Gasteiger partial charge in [-0.15, -0.1) is 11.8 Å². The third kappa shape index (κ3) is 3.26. The molecule has 22 heavy (non-hydrogen) atoms. The molecule has 6 nitrogen and oxygen atoms in total. The van der Waals surface area contributed by atoms with Crippen LogP contribution in [0.1, 0.15) is 12.1 Å². The van der Waals surface area contributed by atoms with Crippen molar-refractivity contribution in [3.8, 4) is 0 Å². The molecule has 114 valence electrons. The molecule has 2 aromatic rings. The summed E-state index contributed by atoms with van der Waals surface area (Å²) in [7, 11) is 0. The van der Waals surface area contributed by atoms with E-state index in [9.17, 15) is 9.59 Å². The van der Waals surface area contributed by atoms with Gasteiger partial charge in [-0.3, -0.25) is 14.7 Å². The smallest absolute Gasteiger partial charge is 0.238 e. The number of carbonyl (C=O) groups excluding carboxylic acids is 2. The van der Waals surface area contributed by atoms with Crippen LogP contribution in [0.2, 0.25) is 5.02 Å². The van der Waals surface area contributed by atoms with E-state index in [2.05, 4.69) is 20.8 Å². The molecule has 0 aliphatic carbocycles. The summed E-state index contributed by atoms with van der Waals surface area (Å²) >= 11 is 7.26. The number of halogens is 1. The SMILES string of the molecule is Cc1cc(NC(=O)C[C@H]2Sc3ccc(Cl)cc3NC2=O)n[nH]1. The Morgan fingerprint density at radius 1 is 1.45 bits per heavy atom. The maximum absolute atomic E-state index is 12.1. The Bertz CT molecular complexity index is 746. The van der Waals surface area contributed by atoms with Crippen LogP contribution in [-0.2, 0) is 9.59 Å². The molecule has 3 rings (SSSR count). The molecule has 0 unspecified atom stereocenters. The van der Waals surface area contributed by atoms with E-state index in [1.807, 2.05) is 13.0 Å². The summed E-state index contributed by atoms with van der Waals surface area (Å²) in [5, 5.41) is 12.2. The fourth-order valence-electron chi connectivity index (χ4n) is 2.10. The molecule has 0 bridgehead atoms. The molecule has 1 aromatic carbocycles. The Morgan fingerprint density at radius 2 is 2.27 bits per heavy atom. The second kappa shape index (κ2) is 6.02. The summed E-state index contributed by atoms with van der Waals surface area (Å²) in [5.41, 5.74) is 1.54. The first-order chi connectivity index (χ1) is 10.5. The van der Waals surface area contributed by atoms with E-state index < -0.39 is 5.25 Å². The third-order valence-electron chi connectivity index (χ3n) is 3.11. The van der Waals surface area contributed by atoms with Gasteiger partial charge in [0.15, 0.2) is 5.82 Å². The highest BCUT2D eigenvalue weighted by molar-refractivity contribution is 8.01. The predicted molar refractivity (Wildman–Crippen MR) is 86.3 cm³/mol. The van der Waals surface area contributed by atoms with Crippen molar-refractivity contribution >= 4 is 46.7 Å². The number of aromatic nitrogens is 2. The molecule has 8 heteroatoms. The minimum atomic E-state index is -0.478. The second-order valence-electron chi connectivity index (χ2n) is 4.92. The standard InChI is InChI=1S/C14H13ClN4O2S/c1-7-4-12(19-18-7)17-13(20)6-11-14(21)16-9-5-8(15)2-3-10(9)22-11/h2-5,11H,6H2,1H3,(H,16,21)(H2,17,18,19,20)/t11-/m1/s1. The minimum absolute atomic E-state index is 0.0739. The number of aromatic amines is 1. The van der Waals surface area contributed by atoms with Crippen molar-refractivity contribution in [2.45, 2.75) is 23.5 Å². The zero-order valence-corrected chi connectivity index (χ0v) is 13.2. The molecule has 0 saturated carbocycles. The first kappa shape index (κ1) is 14.9. The largest absolute Gasteiger partial charge is 0.324 e. The van der Waals surface area contributed by atoms with Gasteiger partial charge in [0.1, 0.15) is 0 Å². The summed E-state index contributed by atoms with van der Waals surface area (Å²) in [6.45, 7) is 1.84. The topological polar surface area (TPSA) is 86.9 Å². The lowest BCUT2D eigenvalue weighted by molar-refractivity contribution is -0.120. The van der Waals surface area contributed by atoms with Crippen LogP contribution in [0.3, 0.4) is 0 Å². The van der Waals surface area contributed by atoms with Gasteiger partial charge in [-0.25, -0.2) is 0 Å². The highest BCUT2D eigenvalue weighted by Gasteiger charge is 2.29. The lowest BCUT2D eigenvalue weighted by Crippen LogP contribution is -2.32. The number of nitrogens with zero attached hydrogens (tertiary/aromatic N) is 1. The molecule has 2 heterocycles. The van der Waals surface area contributed by atoms with Gasteiger partial charge in [0.2, 0.25) is 11.8 Å². The van der Waals surface area contributed by atoms with E-state index in [0.717, 1.165) is 10.6 Å². The molecular weight excluding hydrogens is 324 g/mol. The number of rotatable bonds is 3. The molecule has 0 fully saturated rings. The second-order valence-corrected chi connectivity index (χ2v) is 6.61. The Kier molecular flexibility index (Phi) is 4.08. The van der Waals surface area contributed by atoms with Gasteiger partial charge < -0.3 is 10.6 Å². The Morgan fingerprint density at radius 3 is 3.00 bits per heavy atom. The van der Waals surface area contributed by atoms with Gasteiger partial charge >= 0.3 is 0 Å². The number of carbonyl (C=O) groups is 2. The highest BCUT2D eigenvalue weighted by Crippen LogP contribution is 2.38. The number of thioether (sulfide) groups is 1. The van der Waals surface area contributed by atoms with Gasteiger partial charge in [-0.2, -0.15) is 5.10 Å². The van der Waals surface area contributed by atoms with Crippen molar-refractivity contribution in [3.05, 3.63) is 35.0 Å². The summed E-state index contributed by atoms with van der Waals surface area (Å²) in [6, 6.07) is 7.02. The van der Waals surface area contributed by atoms with Gasteiger partial charge in [-0.1, -0.05) is 11.6 Å². The summed E-state index contributed by atoms with van der Waals surface area (Å²) in [4.78, 5) is 25.0. The van der Waals surface area contributed by atoms with Crippen molar-refractivity contribution in [3.63, 3.8) is 0 Å². The molecule has 1 atom stereocenters. The molecular formula is C14H13ClN4O2S. The number of H-pyrrole nitrogens is 1. The van der Waals surface area contributed by atoms with Gasteiger partial charge in [0.25, 0.3) is 0 Å². The molecule has 0 spiro atoms. The van der Waals surface area contributed by atoms with Crippen LogP contribution in [0.15, 0.2) is 29.2 Å². The molecule has 1 aliphatic rings. The van der Waals surface area contributed by atoms with Crippen molar-refractivity contribution in [1.82, 2.24) is 10.2 Å². The summed E-state index contributed by atoms with van der Waals surface area (Å²) in [6.07, 6.45) is 0.0739. The van der Waals surface area contributed by atoms with Crippen LogP contribution in [0.25, 0.3) is 0 Å². The van der Waals surface area contributed by atoms with Crippen LogP contribution in [0, 0.1) is 6.92 Å². The normalized spacial score (nSPS) is 16.8. The Balaban J connectivity index is 1.66. The quantitative estimate of drug-likeness (QED) is 0.804. The maximum Gasteiger partial charge on any atom is 0.238 e. The fourth-order valence-corrected chi connectivity index (χ4v) is 3.36. The molecule has 2 amide bonds. The Labute approximate surface area is 136 Å². The van der Waals surface area contributed by atoms with Crippen molar-refractivity contribution in [2.75, 3.05) is 10.6 Å². The van der Waals surface area contributed by atoms with Gasteiger partial charge in [0, 0.05) is 28.1 Å². The summed E-state index contributed by atoms with van der Waals surface area (Å²) in [5.74, 6) is 0.000545. The van der Waals surface area contributed by atoms with E-state index in [1.165, 1.54) is 11.8 Å². The van der Waals surface area contributed by atoms with E-state index in [4.69, 9.17) is 11.6 Å². The highest BCUT2D eigenvalue weighted by atomic mass is 35.5. The number of anilines is 2. The van der Waals surface area contributed by atoms with Crippen LogP contribution in [-0.4, -0.2) is 27.3 Å². The van der Waals surface area contributed by atoms with Gasteiger partial charge in [-0.05, 0) is 25.1 Å². The molecule has 0 radical (unpaired) electrons. The molecule has 3 N–H and O–H groups in total. The maximum atomic E-state index is 12.1. The molecule has 1 aliphatic heterocycles. The number of hydrogen-bond acceptors (Lipinski definition) is 4. The number of benzene rings is 1. The zero-order valence-electron chi connectivity index (χ0n) is 11.6. The molecule has 0 saturated heterocycles. The number of nitrogens with one attached hydrogen (secondary N) is 3. The average Bonchev–Trinajstić information content (AvgIpc) is 2.85. The van der Waals surface area contributed by atoms with E-state index in [-0.39, 0.29) is 18.2 Å². The number of fused-ring (bicyclic) bond motifs is 1. The monoisotopic (exact) mass is 336 g/mol. The van der Waals surface area contributed by atoms with Crippen molar-refractivity contribution < 1.29 is 9.59 Å². The fraction of sp³-hybridized carbons (Fsp3) is 0.214. The zero-order chi connectivity index (χ0) is 15.7. The third-order valence-corrected chi connectivity index (χ3v) is 4.62. The lowest BCUT2D eigenvalue weighted by Gasteiger charge is -2.23. The molecule has 1 aromatic heterocycles. The minimum Gasteiger partial charge on any atom is -0.324 e. The number of hydrogen-bond donors (Lipinski definition) is 3. The van der Waals surface area contributed by atoms with E-state index >= 15 is 0 Å². The number of aryl methyl sites for hydroxylation is 1. The van der Waals surface area contributed by atoms with Crippen LogP contribution >= 0.6 is 23.4 Å². The summed E-state index contributed by atoms with van der Waals surface area (Å²) < 4.78 is 0. The lowest BCUT2D eigenvalue weighted by atomic mass is 10.2. The van der Waals surface area contributed by atoms with E-state index in [1.54, 1.807) is 18.2 Å². The van der Waals surface area contributed by atoms with Crippen molar-refractivity contribution in [1.29, 1.82) is 0 Å². The Hall–Kier alpha value is -1.99. The van der Waals surface area contributed by atoms with Crippen LogP contribution in [0.5, 0.6) is 0 Å².